The predicted molar refractivity (Wildman–Crippen MR) is 65.8 cm³/mol. The highest BCUT2D eigenvalue weighted by Gasteiger charge is 2.17. The summed E-state index contributed by atoms with van der Waals surface area (Å²) in [5.74, 6) is 0. The summed E-state index contributed by atoms with van der Waals surface area (Å²) in [5, 5.41) is 10.4. The van der Waals surface area contributed by atoms with Crippen LogP contribution in [-0.2, 0) is 0 Å². The summed E-state index contributed by atoms with van der Waals surface area (Å²) in [6.45, 7) is 2.22. The molecule has 1 atom stereocenters. The van der Waals surface area contributed by atoms with E-state index in [9.17, 15) is 0 Å². The van der Waals surface area contributed by atoms with Crippen molar-refractivity contribution in [3.8, 4) is 0 Å². The lowest BCUT2D eigenvalue weighted by molar-refractivity contribution is 0.436. The summed E-state index contributed by atoms with van der Waals surface area (Å²) in [6, 6.07) is 8.04. The normalized spacial score (nSPS) is 21.4. The molecule has 0 saturated carbocycles. The molecule has 4 heteroatoms. The Morgan fingerprint density at radius 1 is 1.38 bits per heavy atom. The molecular weight excluding hydrogens is 220 g/mol. The number of hydrogen-bond donors (Lipinski definition) is 1. The highest BCUT2D eigenvalue weighted by Crippen LogP contribution is 2.32. The van der Waals surface area contributed by atoms with Crippen molar-refractivity contribution in [2.75, 3.05) is 13.1 Å². The van der Waals surface area contributed by atoms with Crippen LogP contribution in [0.25, 0.3) is 11.0 Å². The molecule has 1 N–H and O–H groups in total. The van der Waals surface area contributed by atoms with E-state index >= 15 is 0 Å². The van der Waals surface area contributed by atoms with E-state index in [1.807, 2.05) is 30.0 Å². The zero-order valence-corrected chi connectivity index (χ0v) is 9.80. The molecular formula is C12H14N2OS. The first-order valence-electron chi connectivity index (χ1n) is 5.65. The van der Waals surface area contributed by atoms with Crippen molar-refractivity contribution in [3.63, 3.8) is 0 Å². The molecule has 16 heavy (non-hydrogen) atoms. The van der Waals surface area contributed by atoms with Gasteiger partial charge in [-0.3, -0.25) is 0 Å². The standard InChI is InChI=1S/C12H14N2OS/c1-2-6-11-10(5-1)12(14-15-11)16-9-4-3-7-13-8-9/h1-2,5-6,9,13H,3-4,7-8H2. The Morgan fingerprint density at radius 3 is 3.19 bits per heavy atom. The second-order valence-electron chi connectivity index (χ2n) is 4.07. The van der Waals surface area contributed by atoms with Crippen LogP contribution in [0, 0.1) is 0 Å². The summed E-state index contributed by atoms with van der Waals surface area (Å²) in [4.78, 5) is 0. The van der Waals surface area contributed by atoms with Crippen molar-refractivity contribution in [2.24, 2.45) is 0 Å². The van der Waals surface area contributed by atoms with E-state index in [1.54, 1.807) is 0 Å². The fourth-order valence-electron chi connectivity index (χ4n) is 2.03. The van der Waals surface area contributed by atoms with Crippen molar-refractivity contribution in [1.29, 1.82) is 0 Å². The summed E-state index contributed by atoms with van der Waals surface area (Å²) in [5.41, 5.74) is 0.883. The number of piperidine rings is 1. The van der Waals surface area contributed by atoms with Gasteiger partial charge in [0.05, 0.1) is 5.39 Å². The minimum absolute atomic E-state index is 0.627. The zero-order valence-electron chi connectivity index (χ0n) is 8.98. The van der Waals surface area contributed by atoms with Gasteiger partial charge in [0.1, 0.15) is 5.03 Å². The van der Waals surface area contributed by atoms with Crippen LogP contribution in [0.15, 0.2) is 33.8 Å². The van der Waals surface area contributed by atoms with Gasteiger partial charge in [0.15, 0.2) is 5.58 Å². The molecule has 0 bridgehead atoms. The maximum absolute atomic E-state index is 5.30. The molecule has 2 aromatic rings. The second kappa shape index (κ2) is 4.47. The third-order valence-electron chi connectivity index (χ3n) is 2.87. The Hall–Kier alpha value is -1.00. The van der Waals surface area contributed by atoms with Crippen molar-refractivity contribution >= 4 is 22.7 Å². The Kier molecular flexibility index (Phi) is 2.84. The summed E-state index contributed by atoms with van der Waals surface area (Å²) in [6.07, 6.45) is 2.52. The zero-order chi connectivity index (χ0) is 10.8. The smallest absolute Gasteiger partial charge is 0.168 e. The van der Waals surface area contributed by atoms with Crippen molar-refractivity contribution in [3.05, 3.63) is 24.3 Å². The second-order valence-corrected chi connectivity index (χ2v) is 5.36. The Morgan fingerprint density at radius 2 is 2.31 bits per heavy atom. The number of nitrogens with zero attached hydrogens (tertiary/aromatic N) is 1. The number of nitrogens with one attached hydrogen (secondary N) is 1. The van der Waals surface area contributed by atoms with E-state index in [4.69, 9.17) is 4.52 Å². The third-order valence-corrected chi connectivity index (χ3v) is 4.13. The number of benzene rings is 1. The topological polar surface area (TPSA) is 38.1 Å². The number of fused-ring (bicyclic) bond motifs is 1. The average Bonchev–Trinajstić information content (AvgIpc) is 2.74. The Balaban J connectivity index is 1.83. The SMILES string of the molecule is c1ccc2c(SC3CCCNC3)noc2c1. The molecule has 0 amide bonds. The lowest BCUT2D eigenvalue weighted by Gasteiger charge is -2.20. The van der Waals surface area contributed by atoms with E-state index in [-0.39, 0.29) is 0 Å². The van der Waals surface area contributed by atoms with Crippen LogP contribution in [0.4, 0.5) is 0 Å². The number of thioether (sulfide) groups is 1. The Bertz CT molecular complexity index is 477. The summed E-state index contributed by atoms with van der Waals surface area (Å²) >= 11 is 1.83. The van der Waals surface area contributed by atoms with Gasteiger partial charge in [0, 0.05) is 11.8 Å². The van der Waals surface area contributed by atoms with Crippen molar-refractivity contribution in [1.82, 2.24) is 10.5 Å². The van der Waals surface area contributed by atoms with Crippen LogP contribution < -0.4 is 5.32 Å². The van der Waals surface area contributed by atoms with Crippen LogP contribution in [0.2, 0.25) is 0 Å². The van der Waals surface area contributed by atoms with Gasteiger partial charge in [0.25, 0.3) is 0 Å². The molecule has 0 spiro atoms. The molecule has 1 fully saturated rings. The van der Waals surface area contributed by atoms with E-state index in [1.165, 1.54) is 12.8 Å². The highest BCUT2D eigenvalue weighted by atomic mass is 32.2. The summed E-state index contributed by atoms with van der Waals surface area (Å²) in [7, 11) is 0. The molecule has 1 aromatic heterocycles. The molecule has 0 radical (unpaired) electrons. The molecule has 3 nitrogen and oxygen atoms in total. The first kappa shape index (κ1) is 10.2. The molecule has 3 rings (SSSR count). The van der Waals surface area contributed by atoms with E-state index < -0.39 is 0 Å². The quantitative estimate of drug-likeness (QED) is 0.867. The van der Waals surface area contributed by atoms with E-state index in [0.29, 0.717) is 5.25 Å². The minimum Gasteiger partial charge on any atom is -0.355 e. The van der Waals surface area contributed by atoms with Crippen LogP contribution in [0.3, 0.4) is 0 Å². The first-order chi connectivity index (χ1) is 7.93. The molecule has 1 aliphatic heterocycles. The maximum atomic E-state index is 5.30. The predicted octanol–water partition coefficient (Wildman–Crippen LogP) is 2.67. The largest absolute Gasteiger partial charge is 0.355 e. The van der Waals surface area contributed by atoms with Crippen LogP contribution in [-0.4, -0.2) is 23.5 Å². The molecule has 1 aromatic carbocycles. The number of hydrogen-bond acceptors (Lipinski definition) is 4. The molecule has 1 aliphatic rings. The van der Waals surface area contributed by atoms with Gasteiger partial charge in [-0.15, -0.1) is 0 Å². The van der Waals surface area contributed by atoms with Gasteiger partial charge < -0.3 is 9.84 Å². The lowest BCUT2D eigenvalue weighted by Crippen LogP contribution is -2.31. The fourth-order valence-corrected chi connectivity index (χ4v) is 3.20. The van der Waals surface area contributed by atoms with Gasteiger partial charge >= 0.3 is 0 Å². The number of aromatic nitrogens is 1. The lowest BCUT2D eigenvalue weighted by atomic mass is 10.2. The van der Waals surface area contributed by atoms with Crippen molar-refractivity contribution in [2.45, 2.75) is 23.1 Å². The van der Waals surface area contributed by atoms with Gasteiger partial charge in [-0.05, 0) is 31.5 Å². The van der Waals surface area contributed by atoms with Crippen LogP contribution >= 0.6 is 11.8 Å². The van der Waals surface area contributed by atoms with Crippen LogP contribution in [0.5, 0.6) is 0 Å². The maximum Gasteiger partial charge on any atom is 0.168 e. The van der Waals surface area contributed by atoms with E-state index in [0.717, 1.165) is 29.1 Å². The van der Waals surface area contributed by atoms with Gasteiger partial charge in [-0.25, -0.2) is 0 Å². The molecule has 0 aliphatic carbocycles. The van der Waals surface area contributed by atoms with Gasteiger partial charge in [0.2, 0.25) is 0 Å². The molecule has 2 heterocycles. The fraction of sp³-hybridized carbons (Fsp3) is 0.417. The van der Waals surface area contributed by atoms with Crippen LogP contribution in [0.1, 0.15) is 12.8 Å². The highest BCUT2D eigenvalue weighted by molar-refractivity contribution is 8.00. The number of para-hydroxylation sites is 1. The third kappa shape index (κ3) is 1.95. The molecule has 84 valence electrons. The monoisotopic (exact) mass is 234 g/mol. The minimum atomic E-state index is 0.627. The van der Waals surface area contributed by atoms with Gasteiger partial charge in [-0.1, -0.05) is 29.1 Å². The van der Waals surface area contributed by atoms with E-state index in [2.05, 4.69) is 16.5 Å². The summed E-state index contributed by atoms with van der Waals surface area (Å²) < 4.78 is 5.30. The van der Waals surface area contributed by atoms with Crippen molar-refractivity contribution < 1.29 is 4.52 Å². The molecule has 1 unspecified atom stereocenters. The van der Waals surface area contributed by atoms with Gasteiger partial charge in [-0.2, -0.15) is 0 Å². The molecule has 1 saturated heterocycles. The average molecular weight is 234 g/mol. The Labute approximate surface area is 98.6 Å². The number of rotatable bonds is 2. The first-order valence-corrected chi connectivity index (χ1v) is 6.53.